The van der Waals surface area contributed by atoms with Crippen molar-refractivity contribution in [2.45, 2.75) is 38.5 Å². The molecule has 1 aliphatic heterocycles. The van der Waals surface area contributed by atoms with Crippen molar-refractivity contribution >= 4 is 17.7 Å². The third-order valence-corrected chi connectivity index (χ3v) is 6.24. The largest absolute Gasteiger partial charge is 0.390 e. The number of benzene rings is 3. The molecule has 3 aromatic rings. The summed E-state index contributed by atoms with van der Waals surface area (Å²) in [6, 6.07) is 14.2. The molecule has 0 saturated carbocycles. The van der Waals surface area contributed by atoms with Gasteiger partial charge in [0.2, 0.25) is 0 Å². The van der Waals surface area contributed by atoms with Crippen LogP contribution in [-0.4, -0.2) is 41.5 Å². The van der Waals surface area contributed by atoms with E-state index in [0.717, 1.165) is 30.2 Å². The maximum Gasteiger partial charge on any atom is 0.258 e. The first-order valence-electron chi connectivity index (χ1n) is 12.0. The molecule has 4 rings (SSSR count). The molecule has 37 heavy (non-hydrogen) atoms. The van der Waals surface area contributed by atoms with Crippen LogP contribution in [0.2, 0.25) is 0 Å². The van der Waals surface area contributed by atoms with Crippen molar-refractivity contribution in [2.75, 3.05) is 6.54 Å². The fraction of sp³-hybridized carbons (Fsp3) is 0.250. The quantitative estimate of drug-likeness (QED) is 0.316. The number of hydrogen-bond donors (Lipinski definition) is 4. The van der Waals surface area contributed by atoms with Gasteiger partial charge >= 0.3 is 0 Å². The second kappa shape index (κ2) is 11.4. The highest BCUT2D eigenvalue weighted by atomic mass is 19.1. The van der Waals surface area contributed by atoms with Crippen LogP contribution >= 0.6 is 0 Å². The van der Waals surface area contributed by atoms with E-state index < -0.39 is 41.5 Å². The molecule has 0 radical (unpaired) electrons. The summed E-state index contributed by atoms with van der Waals surface area (Å²) in [5, 5.41) is 19.0. The zero-order valence-corrected chi connectivity index (χ0v) is 20.2. The Morgan fingerprint density at radius 2 is 1.62 bits per heavy atom. The molecule has 192 valence electrons. The van der Waals surface area contributed by atoms with Gasteiger partial charge in [0.1, 0.15) is 11.6 Å². The molecular weight excluding hydrogens is 480 g/mol. The smallest absolute Gasteiger partial charge is 0.258 e. The van der Waals surface area contributed by atoms with Crippen LogP contribution in [0.1, 0.15) is 54.7 Å². The Hall–Kier alpha value is -3.95. The van der Waals surface area contributed by atoms with E-state index in [9.17, 15) is 28.3 Å². The number of aliphatic hydroxyl groups is 1. The van der Waals surface area contributed by atoms with Crippen molar-refractivity contribution in [3.63, 3.8) is 0 Å². The number of amides is 3. The number of aliphatic hydroxyl groups excluding tert-OH is 1. The Morgan fingerprint density at radius 1 is 0.919 bits per heavy atom. The van der Waals surface area contributed by atoms with Crippen LogP contribution in [0.3, 0.4) is 0 Å². The second-order valence-electron chi connectivity index (χ2n) is 8.98. The second-order valence-corrected chi connectivity index (χ2v) is 8.98. The highest BCUT2D eigenvalue weighted by molar-refractivity contribution is 6.22. The number of nitrogens with one attached hydrogen (secondary N) is 3. The summed E-state index contributed by atoms with van der Waals surface area (Å²) in [6.45, 7) is 2.64. The molecule has 0 aromatic heterocycles. The van der Waals surface area contributed by atoms with Crippen molar-refractivity contribution in [1.29, 1.82) is 0 Å². The highest BCUT2D eigenvalue weighted by Crippen LogP contribution is 2.18. The van der Waals surface area contributed by atoms with Gasteiger partial charge in [0.25, 0.3) is 17.7 Å². The number of halogens is 2. The monoisotopic (exact) mass is 507 g/mol. The van der Waals surface area contributed by atoms with E-state index in [1.165, 1.54) is 23.8 Å². The van der Waals surface area contributed by atoms with Gasteiger partial charge in [0.05, 0.1) is 23.3 Å². The normalized spacial score (nSPS) is 14.2. The Kier molecular flexibility index (Phi) is 8.05. The lowest BCUT2D eigenvalue weighted by Crippen LogP contribution is -2.48. The number of imide groups is 1. The van der Waals surface area contributed by atoms with Crippen molar-refractivity contribution in [2.24, 2.45) is 0 Å². The zero-order valence-electron chi connectivity index (χ0n) is 20.2. The molecule has 7 nitrogen and oxygen atoms in total. The van der Waals surface area contributed by atoms with Crippen LogP contribution in [0.4, 0.5) is 8.78 Å². The van der Waals surface area contributed by atoms with Gasteiger partial charge in [-0.15, -0.1) is 0 Å². The summed E-state index contributed by atoms with van der Waals surface area (Å²) >= 11 is 0. The van der Waals surface area contributed by atoms with Crippen LogP contribution in [-0.2, 0) is 19.4 Å². The predicted molar refractivity (Wildman–Crippen MR) is 133 cm³/mol. The summed E-state index contributed by atoms with van der Waals surface area (Å²) in [7, 11) is 0. The van der Waals surface area contributed by atoms with Gasteiger partial charge in [-0.05, 0) is 59.9 Å². The van der Waals surface area contributed by atoms with Gasteiger partial charge in [-0.25, -0.2) is 8.78 Å². The Morgan fingerprint density at radius 3 is 2.35 bits per heavy atom. The number of carbonyl (C=O) groups is 3. The molecule has 9 heteroatoms. The van der Waals surface area contributed by atoms with Crippen molar-refractivity contribution in [3.05, 3.63) is 106 Å². The molecule has 1 heterocycles. The molecule has 3 aromatic carbocycles. The van der Waals surface area contributed by atoms with Gasteiger partial charge in [-0.1, -0.05) is 31.2 Å². The molecule has 3 amide bonds. The Balaban J connectivity index is 1.49. The fourth-order valence-electron chi connectivity index (χ4n) is 4.29. The Bertz CT molecular complexity index is 1320. The lowest BCUT2D eigenvalue weighted by atomic mass is 9.99. The first kappa shape index (κ1) is 26.1. The number of fused-ring (bicyclic) bond motifs is 1. The molecule has 0 fully saturated rings. The van der Waals surface area contributed by atoms with Crippen LogP contribution in [0.5, 0.6) is 0 Å². The first-order valence-corrected chi connectivity index (χ1v) is 12.0. The zero-order chi connectivity index (χ0) is 26.5. The molecular formula is C28H27F2N3O4. The average Bonchev–Trinajstić information content (AvgIpc) is 3.15. The lowest BCUT2D eigenvalue weighted by molar-refractivity contribution is 0.0829. The summed E-state index contributed by atoms with van der Waals surface area (Å²) in [5.41, 5.74) is 2.84. The van der Waals surface area contributed by atoms with Crippen molar-refractivity contribution in [1.82, 2.24) is 16.0 Å². The molecule has 4 N–H and O–H groups in total. The molecule has 0 spiro atoms. The van der Waals surface area contributed by atoms with Crippen molar-refractivity contribution < 1.29 is 28.3 Å². The van der Waals surface area contributed by atoms with Crippen LogP contribution in [0, 0.1) is 11.6 Å². The maximum absolute atomic E-state index is 13.8. The lowest BCUT2D eigenvalue weighted by Gasteiger charge is -2.25. The standard InChI is InChI=1S/C28H27F2N3O4/c1-2-16-4-3-5-17(8-16)14-31-15-25(34)24(11-18-9-20(29)13-21(30)10-18)32-26(35)19-6-7-22-23(12-19)28(37)33-27(22)36/h3-10,12-13,24-25,31,34H,2,11,14-15H2,1H3,(H,32,35)(H,33,36,37)/t24-,25+/m0/s1. The van der Waals surface area contributed by atoms with E-state index in [-0.39, 0.29) is 35.2 Å². The fourth-order valence-corrected chi connectivity index (χ4v) is 4.29. The summed E-state index contributed by atoms with van der Waals surface area (Å²) in [4.78, 5) is 36.8. The van der Waals surface area contributed by atoms with Crippen molar-refractivity contribution in [3.8, 4) is 0 Å². The average molecular weight is 508 g/mol. The third kappa shape index (κ3) is 6.44. The number of aryl methyl sites for hydroxylation is 1. The minimum Gasteiger partial charge on any atom is -0.390 e. The van der Waals surface area contributed by atoms with E-state index in [2.05, 4.69) is 28.9 Å². The number of hydrogen-bond acceptors (Lipinski definition) is 5. The van der Waals surface area contributed by atoms with Crippen LogP contribution in [0.25, 0.3) is 0 Å². The van der Waals surface area contributed by atoms with E-state index >= 15 is 0 Å². The van der Waals surface area contributed by atoms with Crippen LogP contribution < -0.4 is 16.0 Å². The summed E-state index contributed by atoms with van der Waals surface area (Å²) in [5.74, 6) is -3.27. The molecule has 0 saturated heterocycles. The molecule has 0 aliphatic carbocycles. The molecule has 1 aliphatic rings. The predicted octanol–water partition coefficient (Wildman–Crippen LogP) is 2.90. The number of rotatable bonds is 10. The third-order valence-electron chi connectivity index (χ3n) is 6.24. The maximum atomic E-state index is 13.8. The molecule has 2 atom stereocenters. The van der Waals surface area contributed by atoms with Gasteiger partial charge in [0.15, 0.2) is 0 Å². The minimum absolute atomic E-state index is 0.0432. The highest BCUT2D eigenvalue weighted by Gasteiger charge is 2.29. The topological polar surface area (TPSA) is 108 Å². The van der Waals surface area contributed by atoms with E-state index in [1.54, 1.807) is 0 Å². The van der Waals surface area contributed by atoms with Gasteiger partial charge in [-0.2, -0.15) is 0 Å². The SMILES string of the molecule is CCc1cccc(CNC[C@@H](O)[C@H](Cc2cc(F)cc(F)c2)NC(=O)c2ccc3c(c2)C(=O)NC3=O)c1. The minimum atomic E-state index is -1.11. The summed E-state index contributed by atoms with van der Waals surface area (Å²) in [6.07, 6.45) is -0.255. The van der Waals surface area contributed by atoms with Gasteiger partial charge < -0.3 is 15.7 Å². The molecule has 0 bridgehead atoms. The first-order chi connectivity index (χ1) is 17.7. The molecule has 0 unspecified atom stereocenters. The van der Waals surface area contributed by atoms with E-state index in [0.29, 0.717) is 6.54 Å². The Labute approximate surface area is 212 Å². The summed E-state index contributed by atoms with van der Waals surface area (Å²) < 4.78 is 27.6. The van der Waals surface area contributed by atoms with Crippen LogP contribution in [0.15, 0.2) is 60.7 Å². The van der Waals surface area contributed by atoms with Gasteiger partial charge in [0, 0.05) is 24.7 Å². The van der Waals surface area contributed by atoms with Gasteiger partial charge in [-0.3, -0.25) is 19.7 Å². The number of carbonyl (C=O) groups excluding carboxylic acids is 3. The van der Waals surface area contributed by atoms with E-state index in [1.807, 2.05) is 18.2 Å². The van der Waals surface area contributed by atoms with E-state index in [4.69, 9.17) is 0 Å².